The first-order chi connectivity index (χ1) is 13.0. The molecule has 0 atom stereocenters. The Morgan fingerprint density at radius 2 is 2.04 bits per heavy atom. The van der Waals surface area contributed by atoms with Gasteiger partial charge in [0.05, 0.1) is 16.8 Å². The Kier molecular flexibility index (Phi) is 4.97. The number of nitrogens with one attached hydrogen (secondary N) is 1. The number of imidazole rings is 1. The molecule has 0 aliphatic carbocycles. The fourth-order valence-electron chi connectivity index (χ4n) is 3.26. The Labute approximate surface area is 165 Å². The number of hydrogen-bond donors (Lipinski definition) is 1. The number of aromatic amines is 1. The van der Waals surface area contributed by atoms with Crippen molar-refractivity contribution in [2.24, 2.45) is 7.05 Å². The van der Waals surface area contributed by atoms with Gasteiger partial charge in [-0.15, -0.1) is 0 Å². The van der Waals surface area contributed by atoms with Crippen molar-refractivity contribution in [3.05, 3.63) is 46.7 Å². The van der Waals surface area contributed by atoms with Crippen molar-refractivity contribution in [1.82, 2.24) is 19.4 Å². The number of H-pyrrole nitrogens is 1. The van der Waals surface area contributed by atoms with Crippen LogP contribution < -0.4 is 0 Å². The van der Waals surface area contributed by atoms with Gasteiger partial charge in [-0.25, -0.2) is 4.98 Å². The quantitative estimate of drug-likeness (QED) is 0.521. The number of Topliss-reactive ketones (excluding diaryl/α,β-unsaturated/α-hetero) is 1. The topological polar surface area (TPSA) is 71.0 Å². The number of carbonyl (C=O) groups is 2. The van der Waals surface area contributed by atoms with Crippen molar-refractivity contribution in [2.45, 2.75) is 18.0 Å². The highest BCUT2D eigenvalue weighted by Gasteiger charge is 2.22. The van der Waals surface area contributed by atoms with Gasteiger partial charge in [-0.2, -0.15) is 0 Å². The molecule has 3 aromatic rings. The molecular formula is C19H19ClN4O2S. The van der Waals surface area contributed by atoms with Crippen LogP contribution in [0.5, 0.6) is 0 Å². The molecule has 0 bridgehead atoms. The molecule has 0 radical (unpaired) electrons. The van der Waals surface area contributed by atoms with E-state index in [0.717, 1.165) is 42.1 Å². The molecule has 140 valence electrons. The highest BCUT2D eigenvalue weighted by atomic mass is 35.5. The van der Waals surface area contributed by atoms with Crippen LogP contribution in [0, 0.1) is 0 Å². The molecule has 0 unspecified atom stereocenters. The van der Waals surface area contributed by atoms with Gasteiger partial charge in [-0.1, -0.05) is 23.4 Å². The number of nitrogens with zero attached hydrogens (tertiary/aromatic N) is 3. The number of benzene rings is 1. The number of hydrogen-bond acceptors (Lipinski definition) is 4. The third-order valence-electron chi connectivity index (χ3n) is 4.76. The number of halogens is 1. The van der Waals surface area contributed by atoms with Gasteiger partial charge in [-0.05, 0) is 37.1 Å². The minimum atomic E-state index is -0.0400. The van der Waals surface area contributed by atoms with E-state index in [4.69, 9.17) is 11.6 Å². The van der Waals surface area contributed by atoms with Crippen LogP contribution >= 0.6 is 23.4 Å². The number of rotatable bonds is 5. The SMILES string of the molecule is Cn1c(SCC(=O)c2c[nH]c(C(=O)N3CCCC3)c2)nc2cc(Cl)ccc21. The lowest BCUT2D eigenvalue weighted by molar-refractivity contribution is 0.0787. The smallest absolute Gasteiger partial charge is 0.270 e. The molecule has 4 rings (SSSR count). The van der Waals surface area contributed by atoms with Crippen LogP contribution in [0.3, 0.4) is 0 Å². The Morgan fingerprint density at radius 3 is 2.81 bits per heavy atom. The minimum absolute atomic E-state index is 0.0357. The molecule has 1 saturated heterocycles. The van der Waals surface area contributed by atoms with Crippen LogP contribution in [0.1, 0.15) is 33.7 Å². The lowest BCUT2D eigenvalue weighted by Gasteiger charge is -2.13. The zero-order valence-corrected chi connectivity index (χ0v) is 16.4. The molecule has 27 heavy (non-hydrogen) atoms. The van der Waals surface area contributed by atoms with Gasteiger partial charge in [0.25, 0.3) is 5.91 Å². The molecule has 0 saturated carbocycles. The van der Waals surface area contributed by atoms with Crippen LogP contribution in [-0.4, -0.2) is 50.0 Å². The predicted octanol–water partition coefficient (Wildman–Crippen LogP) is 3.77. The van der Waals surface area contributed by atoms with Crippen molar-refractivity contribution >= 4 is 46.1 Å². The summed E-state index contributed by atoms with van der Waals surface area (Å²) in [5, 5.41) is 1.39. The molecule has 1 aliphatic heterocycles. The largest absolute Gasteiger partial charge is 0.356 e. The second-order valence-electron chi connectivity index (χ2n) is 6.60. The molecule has 2 aromatic heterocycles. The van der Waals surface area contributed by atoms with Gasteiger partial charge in [0.15, 0.2) is 10.9 Å². The maximum absolute atomic E-state index is 12.5. The Balaban J connectivity index is 1.44. The van der Waals surface area contributed by atoms with Gasteiger partial charge in [0.2, 0.25) is 0 Å². The first-order valence-electron chi connectivity index (χ1n) is 8.78. The molecule has 6 nitrogen and oxygen atoms in total. The Morgan fingerprint density at radius 1 is 1.26 bits per heavy atom. The first kappa shape index (κ1) is 18.1. The van der Waals surface area contributed by atoms with Crippen molar-refractivity contribution in [2.75, 3.05) is 18.8 Å². The summed E-state index contributed by atoms with van der Waals surface area (Å²) in [6.45, 7) is 1.57. The average molecular weight is 403 g/mol. The zero-order valence-electron chi connectivity index (χ0n) is 14.9. The van der Waals surface area contributed by atoms with Crippen LogP contribution in [0.4, 0.5) is 0 Å². The van der Waals surface area contributed by atoms with Gasteiger partial charge < -0.3 is 14.5 Å². The molecular weight excluding hydrogens is 384 g/mol. The van der Waals surface area contributed by atoms with Gasteiger partial charge in [0, 0.05) is 36.9 Å². The van der Waals surface area contributed by atoms with E-state index in [-0.39, 0.29) is 17.4 Å². The number of carbonyl (C=O) groups excluding carboxylic acids is 2. The number of aryl methyl sites for hydroxylation is 1. The van der Waals surface area contributed by atoms with E-state index in [1.165, 1.54) is 11.8 Å². The lowest BCUT2D eigenvalue weighted by atomic mass is 10.2. The monoisotopic (exact) mass is 402 g/mol. The maximum Gasteiger partial charge on any atom is 0.270 e. The standard InChI is InChI=1S/C19H19ClN4O2S/c1-23-16-5-4-13(20)9-14(16)22-19(23)27-11-17(25)12-8-15(21-10-12)18(26)24-6-2-3-7-24/h4-5,8-10,21H,2-3,6-7,11H2,1H3. The summed E-state index contributed by atoms with van der Waals surface area (Å²) < 4.78 is 1.95. The second-order valence-corrected chi connectivity index (χ2v) is 7.98. The summed E-state index contributed by atoms with van der Waals surface area (Å²) >= 11 is 7.39. The van der Waals surface area contributed by atoms with Gasteiger partial charge in [0.1, 0.15) is 5.69 Å². The van der Waals surface area contributed by atoms with E-state index in [2.05, 4.69) is 9.97 Å². The van der Waals surface area contributed by atoms with E-state index in [0.29, 0.717) is 16.3 Å². The van der Waals surface area contributed by atoms with Crippen LogP contribution in [-0.2, 0) is 7.05 Å². The number of likely N-dealkylation sites (tertiary alicyclic amines) is 1. The van der Waals surface area contributed by atoms with Crippen molar-refractivity contribution in [3.63, 3.8) is 0 Å². The Bertz CT molecular complexity index is 1020. The minimum Gasteiger partial charge on any atom is -0.356 e. The second kappa shape index (κ2) is 7.40. The van der Waals surface area contributed by atoms with Crippen molar-refractivity contribution in [3.8, 4) is 0 Å². The maximum atomic E-state index is 12.5. The van der Waals surface area contributed by atoms with Crippen molar-refractivity contribution < 1.29 is 9.59 Å². The summed E-state index contributed by atoms with van der Waals surface area (Å²) in [7, 11) is 1.92. The number of aromatic nitrogens is 3. The molecule has 3 heterocycles. The highest BCUT2D eigenvalue weighted by molar-refractivity contribution is 7.99. The molecule has 0 spiro atoms. The van der Waals surface area contributed by atoms with E-state index in [1.54, 1.807) is 12.3 Å². The number of fused-ring (bicyclic) bond motifs is 1. The van der Waals surface area contributed by atoms with E-state index in [9.17, 15) is 9.59 Å². The number of thioether (sulfide) groups is 1. The average Bonchev–Trinajstić information content (AvgIpc) is 3.40. The molecule has 8 heteroatoms. The van der Waals surface area contributed by atoms with E-state index in [1.807, 2.05) is 34.7 Å². The first-order valence-corrected chi connectivity index (χ1v) is 10.1. The highest BCUT2D eigenvalue weighted by Crippen LogP contribution is 2.25. The van der Waals surface area contributed by atoms with E-state index < -0.39 is 0 Å². The third-order valence-corrected chi connectivity index (χ3v) is 6.03. The summed E-state index contributed by atoms with van der Waals surface area (Å²) in [6.07, 6.45) is 3.69. The van der Waals surface area contributed by atoms with Crippen molar-refractivity contribution in [1.29, 1.82) is 0 Å². The summed E-state index contributed by atoms with van der Waals surface area (Å²) in [5.74, 6) is 0.174. The predicted molar refractivity (Wildman–Crippen MR) is 107 cm³/mol. The molecule has 1 fully saturated rings. The number of amides is 1. The van der Waals surface area contributed by atoms with E-state index >= 15 is 0 Å². The molecule has 1 N–H and O–H groups in total. The molecule has 1 amide bonds. The van der Waals surface area contributed by atoms with Crippen LogP contribution in [0.2, 0.25) is 5.02 Å². The summed E-state index contributed by atoms with van der Waals surface area (Å²) in [5.41, 5.74) is 2.77. The normalized spacial score (nSPS) is 14.2. The fourth-order valence-corrected chi connectivity index (χ4v) is 4.31. The van der Waals surface area contributed by atoms with Gasteiger partial charge >= 0.3 is 0 Å². The zero-order chi connectivity index (χ0) is 19.0. The lowest BCUT2D eigenvalue weighted by Crippen LogP contribution is -2.27. The fraction of sp³-hybridized carbons (Fsp3) is 0.316. The van der Waals surface area contributed by atoms with Crippen LogP contribution in [0.25, 0.3) is 11.0 Å². The van der Waals surface area contributed by atoms with Gasteiger partial charge in [-0.3, -0.25) is 9.59 Å². The number of ketones is 1. The summed E-state index contributed by atoms with van der Waals surface area (Å²) in [4.78, 5) is 34.2. The summed E-state index contributed by atoms with van der Waals surface area (Å²) in [6, 6.07) is 7.20. The third kappa shape index (κ3) is 3.61. The molecule has 1 aromatic carbocycles. The van der Waals surface area contributed by atoms with Crippen LogP contribution in [0.15, 0.2) is 35.6 Å². The molecule has 1 aliphatic rings. The Hall–Kier alpha value is -2.25.